The molecule has 4 rings (SSSR count). The molecule has 2 amide bonds. The lowest BCUT2D eigenvalue weighted by atomic mass is 10.00. The number of amides is 2. The molecule has 7 N–H and O–H groups in total. The van der Waals surface area contributed by atoms with Crippen molar-refractivity contribution in [1.82, 2.24) is 19.5 Å². The van der Waals surface area contributed by atoms with E-state index >= 15 is 4.39 Å². The van der Waals surface area contributed by atoms with Gasteiger partial charge < -0.3 is 27.5 Å². The number of hydrogen-bond acceptors (Lipinski definition) is 7. The Morgan fingerprint density at radius 1 is 1.33 bits per heavy atom. The zero-order chi connectivity index (χ0) is 21.7. The van der Waals surface area contributed by atoms with Gasteiger partial charge in [0, 0.05) is 37.3 Å². The topological polar surface area (TPSA) is 167 Å². The first-order valence-electron chi connectivity index (χ1n) is 9.87. The van der Waals surface area contributed by atoms with Crippen LogP contribution in [0.4, 0.5) is 14.9 Å². The molecule has 0 bridgehead atoms. The van der Waals surface area contributed by atoms with Crippen LogP contribution in [0.15, 0.2) is 9.59 Å². The summed E-state index contributed by atoms with van der Waals surface area (Å²) in [5.74, 6) is 4.84. The fraction of sp³-hybridized carbons (Fsp3) is 0.556. The van der Waals surface area contributed by atoms with Crippen LogP contribution < -0.4 is 38.8 Å². The molecule has 1 saturated carbocycles. The van der Waals surface area contributed by atoms with E-state index in [1.165, 1.54) is 4.57 Å². The van der Waals surface area contributed by atoms with E-state index in [-0.39, 0.29) is 35.8 Å². The Morgan fingerprint density at radius 3 is 2.67 bits per heavy atom. The molecule has 162 valence electrons. The third-order valence-corrected chi connectivity index (χ3v) is 5.98. The van der Waals surface area contributed by atoms with Gasteiger partial charge in [0.1, 0.15) is 0 Å². The summed E-state index contributed by atoms with van der Waals surface area (Å²) in [4.78, 5) is 41.7. The van der Waals surface area contributed by atoms with Gasteiger partial charge in [-0.1, -0.05) is 0 Å². The van der Waals surface area contributed by atoms with Gasteiger partial charge in [0.25, 0.3) is 0 Å². The number of nitrogen functional groups attached to an aromatic ring is 1. The van der Waals surface area contributed by atoms with Crippen LogP contribution in [0.2, 0.25) is 0 Å². The smallest absolute Gasteiger partial charge is 0.350 e. The Kier molecular flexibility index (Phi) is 4.88. The first kappa shape index (κ1) is 20.1. The summed E-state index contributed by atoms with van der Waals surface area (Å²) >= 11 is 0. The Labute approximate surface area is 170 Å². The third-order valence-electron chi connectivity index (χ3n) is 5.98. The molecule has 2 aliphatic rings. The number of primary amides is 1. The van der Waals surface area contributed by atoms with E-state index in [4.69, 9.17) is 17.3 Å². The van der Waals surface area contributed by atoms with Crippen LogP contribution in [-0.4, -0.2) is 45.9 Å². The molecule has 1 saturated heterocycles. The lowest BCUT2D eigenvalue weighted by Gasteiger charge is -2.24. The van der Waals surface area contributed by atoms with E-state index in [0.717, 1.165) is 12.8 Å². The van der Waals surface area contributed by atoms with Gasteiger partial charge in [-0.2, -0.15) is 9.07 Å². The van der Waals surface area contributed by atoms with Gasteiger partial charge in [-0.15, -0.1) is 0 Å². The maximum absolute atomic E-state index is 15.0. The van der Waals surface area contributed by atoms with Crippen LogP contribution in [0.25, 0.3) is 11.0 Å². The van der Waals surface area contributed by atoms with E-state index in [9.17, 15) is 14.4 Å². The van der Waals surface area contributed by atoms with Crippen molar-refractivity contribution in [2.24, 2.45) is 17.4 Å². The number of nitrogens with zero attached hydrogens (tertiary/aromatic N) is 4. The average molecular weight is 420 g/mol. The second-order valence-corrected chi connectivity index (χ2v) is 8.04. The minimum Gasteiger partial charge on any atom is -0.367 e. The monoisotopic (exact) mass is 420 g/mol. The Morgan fingerprint density at radius 2 is 2.03 bits per heavy atom. The van der Waals surface area contributed by atoms with Crippen molar-refractivity contribution in [2.45, 2.75) is 38.3 Å². The highest BCUT2D eigenvalue weighted by Gasteiger charge is 2.34. The van der Waals surface area contributed by atoms with Crippen LogP contribution in [-0.2, 0) is 0 Å². The number of halogens is 1. The molecular weight excluding hydrogens is 395 g/mol. The van der Waals surface area contributed by atoms with E-state index < -0.39 is 23.2 Å². The highest BCUT2D eigenvalue weighted by atomic mass is 19.1. The maximum Gasteiger partial charge on any atom is 0.350 e. The van der Waals surface area contributed by atoms with E-state index in [2.05, 4.69) is 10.3 Å². The molecule has 0 spiro atoms. The van der Waals surface area contributed by atoms with Gasteiger partial charge >= 0.3 is 17.3 Å². The lowest BCUT2D eigenvalue weighted by Crippen LogP contribution is -2.45. The highest BCUT2D eigenvalue weighted by Crippen LogP contribution is 2.38. The van der Waals surface area contributed by atoms with Gasteiger partial charge in [0.2, 0.25) is 5.95 Å². The quantitative estimate of drug-likeness (QED) is 0.351. The summed E-state index contributed by atoms with van der Waals surface area (Å²) in [7, 11) is 0. The molecule has 2 unspecified atom stereocenters. The number of nitrogens with two attached hydrogens (primary N) is 3. The number of hydrogen-bond donors (Lipinski definition) is 4. The van der Waals surface area contributed by atoms with Gasteiger partial charge in [-0.05, 0) is 32.1 Å². The SMILES string of the molecule is Cc1c(N2CCC(C(N)CNC(N)=O)C2)c(F)nc2c(=O)n(N)c(=O)n(C3CC3)c12. The highest BCUT2D eigenvalue weighted by molar-refractivity contribution is 5.83. The van der Waals surface area contributed by atoms with Gasteiger partial charge in [0.05, 0.1) is 11.2 Å². The number of anilines is 1. The van der Waals surface area contributed by atoms with E-state index in [1.54, 1.807) is 6.92 Å². The normalized spacial score (nSPS) is 20.0. The van der Waals surface area contributed by atoms with Crippen molar-refractivity contribution in [3.05, 3.63) is 32.3 Å². The van der Waals surface area contributed by atoms with E-state index in [0.29, 0.717) is 35.3 Å². The van der Waals surface area contributed by atoms with Gasteiger partial charge in [-0.25, -0.2) is 14.6 Å². The second kappa shape index (κ2) is 7.27. The summed E-state index contributed by atoms with van der Waals surface area (Å²) in [5.41, 5.74) is 10.7. The number of fused-ring (bicyclic) bond motifs is 1. The maximum atomic E-state index is 15.0. The molecule has 12 heteroatoms. The Bertz CT molecular complexity index is 1140. The van der Waals surface area contributed by atoms with Crippen molar-refractivity contribution in [3.8, 4) is 0 Å². The minimum atomic E-state index is -0.820. The first-order valence-corrected chi connectivity index (χ1v) is 9.87. The predicted molar refractivity (Wildman–Crippen MR) is 109 cm³/mol. The predicted octanol–water partition coefficient (Wildman–Crippen LogP) is -1.12. The summed E-state index contributed by atoms with van der Waals surface area (Å²) in [5, 5.41) is 2.49. The fourth-order valence-corrected chi connectivity index (χ4v) is 4.27. The first-order chi connectivity index (χ1) is 14.2. The summed E-state index contributed by atoms with van der Waals surface area (Å²) < 4.78 is 17.0. The summed E-state index contributed by atoms with van der Waals surface area (Å²) in [6, 6.07) is -1.06. The van der Waals surface area contributed by atoms with Crippen molar-refractivity contribution >= 4 is 22.8 Å². The molecule has 1 aliphatic heterocycles. The fourth-order valence-electron chi connectivity index (χ4n) is 4.27. The number of pyridine rings is 1. The molecule has 11 nitrogen and oxygen atoms in total. The van der Waals surface area contributed by atoms with E-state index in [1.807, 2.05) is 4.90 Å². The molecule has 2 aromatic rings. The van der Waals surface area contributed by atoms with Crippen LogP contribution in [0.5, 0.6) is 0 Å². The third kappa shape index (κ3) is 3.26. The van der Waals surface area contributed by atoms with Crippen LogP contribution in [0.3, 0.4) is 0 Å². The van der Waals surface area contributed by atoms with Crippen molar-refractivity contribution in [1.29, 1.82) is 0 Å². The Balaban J connectivity index is 1.75. The van der Waals surface area contributed by atoms with Crippen molar-refractivity contribution < 1.29 is 9.18 Å². The number of urea groups is 1. The minimum absolute atomic E-state index is 0.00835. The molecule has 0 aromatic carbocycles. The molecule has 2 atom stereocenters. The molecule has 2 aromatic heterocycles. The standard InChI is InChI=1S/C18H25FN8O3/c1-8-13-12(16(28)27(22)18(30)26(13)10-2-3-10)24-15(19)14(8)25-5-4-9(7-25)11(20)6-23-17(21)29/h9-11H,2-7,20,22H2,1H3,(H3,21,23,29). The van der Waals surface area contributed by atoms with Crippen LogP contribution in [0.1, 0.15) is 30.9 Å². The zero-order valence-electron chi connectivity index (χ0n) is 16.6. The zero-order valence-corrected chi connectivity index (χ0v) is 16.6. The molecule has 1 aliphatic carbocycles. The largest absolute Gasteiger partial charge is 0.367 e. The Hall–Kier alpha value is -3.15. The summed E-state index contributed by atoms with van der Waals surface area (Å²) in [6.45, 7) is 2.89. The van der Waals surface area contributed by atoms with Gasteiger partial charge in [0.15, 0.2) is 5.52 Å². The average Bonchev–Trinajstić information content (AvgIpc) is 3.42. The van der Waals surface area contributed by atoms with Crippen molar-refractivity contribution in [3.63, 3.8) is 0 Å². The molecule has 2 fully saturated rings. The second-order valence-electron chi connectivity index (χ2n) is 8.04. The van der Waals surface area contributed by atoms with Gasteiger partial charge in [-0.3, -0.25) is 9.36 Å². The molecule has 3 heterocycles. The van der Waals surface area contributed by atoms with Crippen molar-refractivity contribution in [2.75, 3.05) is 30.4 Å². The number of aromatic nitrogens is 3. The number of rotatable bonds is 5. The lowest BCUT2D eigenvalue weighted by molar-refractivity contribution is 0.247. The van der Waals surface area contributed by atoms with Crippen LogP contribution in [0, 0.1) is 18.8 Å². The number of carbonyl (C=O) groups excluding carboxylic acids is 1. The summed E-state index contributed by atoms with van der Waals surface area (Å²) in [6.07, 6.45) is 2.26. The molecular formula is C18H25FN8O3. The molecule has 0 radical (unpaired) electrons. The molecule has 30 heavy (non-hydrogen) atoms. The number of carbonyl (C=O) groups is 1. The van der Waals surface area contributed by atoms with Crippen LogP contribution >= 0.6 is 0 Å². The number of nitrogens with one attached hydrogen (secondary N) is 1. The number of aryl methyl sites for hydroxylation is 1.